The third-order valence-corrected chi connectivity index (χ3v) is 8.75. The quantitative estimate of drug-likeness (QED) is 0.414. The maximum Gasteiger partial charge on any atom is 0.234 e. The van der Waals surface area contributed by atoms with Gasteiger partial charge in [0.1, 0.15) is 30.4 Å². The third-order valence-electron chi connectivity index (χ3n) is 5.21. The molecule has 0 N–H and O–H groups in total. The van der Waals surface area contributed by atoms with Gasteiger partial charge < -0.3 is 4.90 Å². The molecule has 154 valence electrons. The molecular weight excluding hydrogens is 458 g/mol. The number of rotatable bonds is 3. The Hall–Kier alpha value is -1.76. The lowest BCUT2D eigenvalue weighted by molar-refractivity contribution is 0.283. The molecule has 0 amide bonds. The molecule has 1 saturated heterocycles. The zero-order valence-corrected chi connectivity index (χ0v) is 19.3. The smallest absolute Gasteiger partial charge is 0.234 e. The Balaban J connectivity index is 2.08. The summed E-state index contributed by atoms with van der Waals surface area (Å²) in [7, 11) is -2.71. The lowest BCUT2D eigenvalue weighted by Crippen LogP contribution is -2.35. The number of alkyl halides is 3. The van der Waals surface area contributed by atoms with Gasteiger partial charge in [-0.3, -0.25) is 0 Å². The first kappa shape index (κ1) is 21.5. The van der Waals surface area contributed by atoms with E-state index in [0.717, 1.165) is 43.0 Å². The van der Waals surface area contributed by atoms with Crippen LogP contribution in [0.1, 0.15) is 19.3 Å². The molecule has 0 radical (unpaired) electrons. The van der Waals surface area contributed by atoms with Crippen molar-refractivity contribution in [3.8, 4) is 6.07 Å². The predicted molar refractivity (Wildman–Crippen MR) is 127 cm³/mol. The molecule has 2 heterocycles. The highest BCUT2D eigenvalue weighted by Crippen LogP contribution is 2.55. The van der Waals surface area contributed by atoms with Crippen LogP contribution >= 0.6 is 42.0 Å². The molecular formula is C22H20Cl3N4P. The van der Waals surface area contributed by atoms with Crippen LogP contribution in [0.4, 0.5) is 0 Å². The molecule has 0 bridgehead atoms. The van der Waals surface area contributed by atoms with Crippen LogP contribution in [-0.4, -0.2) is 27.5 Å². The van der Waals surface area contributed by atoms with E-state index in [4.69, 9.17) is 44.3 Å². The van der Waals surface area contributed by atoms with Crippen molar-refractivity contribution < 1.29 is 0 Å². The van der Waals surface area contributed by atoms with Crippen LogP contribution < -0.4 is 10.6 Å². The number of nitriles is 1. The van der Waals surface area contributed by atoms with Crippen molar-refractivity contribution in [2.45, 2.75) is 23.1 Å². The van der Waals surface area contributed by atoms with Gasteiger partial charge in [-0.2, -0.15) is 5.26 Å². The second-order valence-electron chi connectivity index (χ2n) is 7.18. The number of piperidine rings is 1. The summed E-state index contributed by atoms with van der Waals surface area (Å²) in [5.74, 6) is 0.592. The van der Waals surface area contributed by atoms with Gasteiger partial charge in [0, 0.05) is 23.7 Å². The largest absolute Gasteiger partial charge is 0.355 e. The van der Waals surface area contributed by atoms with Crippen LogP contribution in [0, 0.1) is 11.3 Å². The van der Waals surface area contributed by atoms with E-state index < -0.39 is 11.0 Å². The molecule has 0 atom stereocenters. The van der Waals surface area contributed by atoms with Crippen LogP contribution in [0.25, 0.3) is 0 Å². The number of likely N-dealkylation sites (tertiary alicyclic amines) is 1. The monoisotopic (exact) mass is 476 g/mol. The number of nitrogens with zero attached hydrogens (tertiary/aromatic N) is 4. The zero-order chi connectivity index (χ0) is 21.2. The Morgan fingerprint density at radius 2 is 1.40 bits per heavy atom. The molecule has 2 aromatic rings. The number of hydrogen-bond donors (Lipinski definition) is 0. The first-order chi connectivity index (χ1) is 14.5. The molecule has 0 aliphatic carbocycles. The van der Waals surface area contributed by atoms with E-state index in [2.05, 4.69) is 11.0 Å². The minimum Gasteiger partial charge on any atom is -0.355 e. The van der Waals surface area contributed by atoms with Gasteiger partial charge >= 0.3 is 0 Å². The minimum absolute atomic E-state index is 0.173. The summed E-state index contributed by atoms with van der Waals surface area (Å²) in [4.78, 5) is 2.15. The molecule has 4 rings (SSSR count). The van der Waals surface area contributed by atoms with E-state index in [1.54, 1.807) is 0 Å². The number of allylic oxidation sites excluding steroid dienone is 1. The average molecular weight is 478 g/mol. The molecule has 0 aromatic heterocycles. The van der Waals surface area contributed by atoms with Crippen LogP contribution in [0.15, 0.2) is 81.6 Å². The van der Waals surface area contributed by atoms with Crippen molar-refractivity contribution in [3.05, 3.63) is 72.1 Å². The summed E-state index contributed by atoms with van der Waals surface area (Å²) < 4.78 is 8.37. The summed E-state index contributed by atoms with van der Waals surface area (Å²) in [6.07, 6.45) is 3.24. The van der Waals surface area contributed by atoms with E-state index in [9.17, 15) is 5.26 Å². The second-order valence-corrected chi connectivity index (χ2v) is 12.1. The predicted octanol–water partition coefficient (Wildman–Crippen LogP) is 5.80. The Kier molecular flexibility index (Phi) is 6.28. The van der Waals surface area contributed by atoms with Gasteiger partial charge in [-0.25, -0.2) is 9.51 Å². The lowest BCUT2D eigenvalue weighted by atomic mass is 10.1. The van der Waals surface area contributed by atoms with Crippen molar-refractivity contribution in [1.29, 1.82) is 5.26 Å². The standard InChI is InChI=1S/C22H20Cl3N4P/c23-22(24,25)20-19(16-26)21(29-14-8-3-9-15-29)28-30(27-20,17-10-4-1-5-11-17)18-12-6-2-7-13-18/h1-2,4-7,10-13H,3,8-9,14-15H2. The molecule has 1 fully saturated rings. The van der Waals surface area contributed by atoms with Gasteiger partial charge in [0.25, 0.3) is 0 Å². The summed E-state index contributed by atoms with van der Waals surface area (Å²) in [5.41, 5.74) is 0.422. The number of halogens is 3. The minimum atomic E-state index is -2.71. The van der Waals surface area contributed by atoms with Crippen LogP contribution in [-0.2, 0) is 0 Å². The van der Waals surface area contributed by atoms with Crippen molar-refractivity contribution in [1.82, 2.24) is 4.90 Å². The first-order valence-corrected chi connectivity index (χ1v) is 12.6. The zero-order valence-electron chi connectivity index (χ0n) is 16.2. The Morgan fingerprint density at radius 1 is 0.867 bits per heavy atom. The average Bonchev–Trinajstić information content (AvgIpc) is 2.79. The molecule has 2 aromatic carbocycles. The SMILES string of the molecule is N#CC1=C(N2CCCCC2)N=P(c2ccccc2)(c2ccccc2)N=C1C(Cl)(Cl)Cl. The van der Waals surface area contributed by atoms with Crippen molar-refractivity contribution in [3.63, 3.8) is 0 Å². The summed E-state index contributed by atoms with van der Waals surface area (Å²) >= 11 is 19.1. The van der Waals surface area contributed by atoms with E-state index in [-0.39, 0.29) is 11.3 Å². The summed E-state index contributed by atoms with van der Waals surface area (Å²) in [6.45, 7) is 1.64. The Morgan fingerprint density at radius 3 is 1.87 bits per heavy atom. The fourth-order valence-electron chi connectivity index (χ4n) is 3.79. The van der Waals surface area contributed by atoms with Gasteiger partial charge in [0.15, 0.2) is 0 Å². The van der Waals surface area contributed by atoms with Crippen LogP contribution in [0.5, 0.6) is 0 Å². The molecule has 2 aliphatic rings. The second kappa shape index (κ2) is 8.77. The highest BCUT2D eigenvalue weighted by Gasteiger charge is 2.41. The van der Waals surface area contributed by atoms with Gasteiger partial charge in [0.05, 0.1) is 0 Å². The Labute approximate surface area is 191 Å². The van der Waals surface area contributed by atoms with Crippen molar-refractivity contribution in [2.24, 2.45) is 9.51 Å². The van der Waals surface area contributed by atoms with Crippen LogP contribution in [0.2, 0.25) is 0 Å². The normalized spacial score (nSPS) is 19.0. The molecule has 30 heavy (non-hydrogen) atoms. The molecule has 2 aliphatic heterocycles. The van der Waals surface area contributed by atoms with Gasteiger partial charge in [-0.1, -0.05) is 95.5 Å². The highest BCUT2D eigenvalue weighted by molar-refractivity contribution is 7.80. The first-order valence-electron chi connectivity index (χ1n) is 9.76. The summed E-state index contributed by atoms with van der Waals surface area (Å²) in [5, 5.41) is 11.9. The molecule has 4 nitrogen and oxygen atoms in total. The van der Waals surface area contributed by atoms with E-state index >= 15 is 0 Å². The molecule has 0 spiro atoms. The molecule has 0 saturated carbocycles. The van der Waals surface area contributed by atoms with Crippen LogP contribution in [0.3, 0.4) is 0 Å². The maximum atomic E-state index is 10.00. The number of hydrogen-bond acceptors (Lipinski definition) is 4. The highest BCUT2D eigenvalue weighted by atomic mass is 35.6. The van der Waals surface area contributed by atoms with E-state index in [1.807, 2.05) is 60.7 Å². The number of benzene rings is 2. The topological polar surface area (TPSA) is 51.8 Å². The van der Waals surface area contributed by atoms with Crippen molar-refractivity contribution >= 4 is 58.3 Å². The summed E-state index contributed by atoms with van der Waals surface area (Å²) in [6, 6.07) is 22.0. The third kappa shape index (κ3) is 4.05. The van der Waals surface area contributed by atoms with E-state index in [1.165, 1.54) is 0 Å². The Bertz CT molecular complexity index is 1030. The fourth-order valence-corrected chi connectivity index (χ4v) is 7.40. The van der Waals surface area contributed by atoms with Gasteiger partial charge in [0.2, 0.25) is 3.79 Å². The fraction of sp³-hybridized carbons (Fsp3) is 0.273. The lowest BCUT2D eigenvalue weighted by Gasteiger charge is -2.35. The maximum absolute atomic E-state index is 10.00. The van der Waals surface area contributed by atoms with E-state index in [0.29, 0.717) is 5.82 Å². The van der Waals surface area contributed by atoms with Crippen molar-refractivity contribution in [2.75, 3.05) is 13.1 Å². The van der Waals surface area contributed by atoms with Gasteiger partial charge in [-0.15, -0.1) is 0 Å². The van der Waals surface area contributed by atoms with Gasteiger partial charge in [-0.05, 0) is 19.3 Å². The molecule has 8 heteroatoms. The molecule has 0 unspecified atom stereocenters.